The highest BCUT2D eigenvalue weighted by Gasteiger charge is 2.00. The molecule has 0 heterocycles. The van der Waals surface area contributed by atoms with Crippen LogP contribution < -0.4 is 0 Å². The maximum atomic E-state index is 10.8. The molecule has 0 amide bonds. The van der Waals surface area contributed by atoms with Gasteiger partial charge in [0.2, 0.25) is 0 Å². The van der Waals surface area contributed by atoms with Gasteiger partial charge in [-0.2, -0.15) is 0 Å². The number of rotatable bonds is 6. The van der Waals surface area contributed by atoms with E-state index in [9.17, 15) is 4.79 Å². The Morgan fingerprint density at radius 3 is 2.82 bits per heavy atom. The summed E-state index contributed by atoms with van der Waals surface area (Å²) in [5, 5.41) is 0. The lowest BCUT2D eigenvalue weighted by atomic mass is 10.2. The molecule has 0 aromatic heterocycles. The van der Waals surface area contributed by atoms with Crippen molar-refractivity contribution in [3.05, 3.63) is 0 Å². The average Bonchev–Trinajstić information content (AvgIpc) is 2.01. The topological polar surface area (TPSA) is 26.3 Å². The van der Waals surface area contributed by atoms with Crippen LogP contribution in [0.15, 0.2) is 0 Å². The van der Waals surface area contributed by atoms with Crippen molar-refractivity contribution in [3.63, 3.8) is 0 Å². The molecular weight excluding hydrogens is 184 g/mol. The second-order valence-electron chi connectivity index (χ2n) is 2.07. The maximum absolute atomic E-state index is 10.8. The summed E-state index contributed by atoms with van der Waals surface area (Å²) in [7, 11) is 0. The lowest BCUT2D eigenvalue weighted by Gasteiger charge is -2.00. The van der Waals surface area contributed by atoms with E-state index in [1.54, 1.807) is 0 Å². The number of halogens is 1. The van der Waals surface area contributed by atoms with Crippen molar-refractivity contribution in [2.45, 2.75) is 19.3 Å². The Kier molecular flexibility index (Phi) is 8.29. The highest BCUT2D eigenvalue weighted by atomic mass is 35.5. The predicted octanol–water partition coefficient (Wildman–Crippen LogP) is 2.26. The Labute approximate surface area is 76.6 Å². The molecule has 0 N–H and O–H groups in total. The number of ether oxygens (including phenoxy) is 1. The summed E-state index contributed by atoms with van der Waals surface area (Å²) in [5.41, 5.74) is 0. The fourth-order valence-corrected chi connectivity index (χ4v) is 0.999. The fraction of sp³-hybridized carbons (Fsp3) is 0.857. The largest absolute Gasteiger partial charge is 0.455 e. The molecule has 0 spiro atoms. The van der Waals surface area contributed by atoms with Gasteiger partial charge in [0.05, 0.1) is 0 Å². The SMILES string of the molecule is CSCOC(=O)CCCCCl. The first-order valence-electron chi connectivity index (χ1n) is 3.51. The molecule has 0 rings (SSSR count). The molecule has 0 fully saturated rings. The summed E-state index contributed by atoms with van der Waals surface area (Å²) < 4.78 is 4.82. The van der Waals surface area contributed by atoms with E-state index in [1.807, 2.05) is 6.26 Å². The molecule has 11 heavy (non-hydrogen) atoms. The standard InChI is InChI=1S/C7H13ClO2S/c1-11-6-10-7(9)4-2-3-5-8/h2-6H2,1H3. The van der Waals surface area contributed by atoms with Crippen LogP contribution in [0.25, 0.3) is 0 Å². The van der Waals surface area contributed by atoms with Crippen molar-refractivity contribution in [2.75, 3.05) is 18.1 Å². The minimum atomic E-state index is -0.121. The molecule has 0 radical (unpaired) electrons. The number of hydrogen-bond donors (Lipinski definition) is 0. The van der Waals surface area contributed by atoms with Crippen LogP contribution in [0.4, 0.5) is 0 Å². The molecule has 0 saturated carbocycles. The Balaban J connectivity index is 3.09. The van der Waals surface area contributed by atoms with Crippen molar-refractivity contribution in [2.24, 2.45) is 0 Å². The van der Waals surface area contributed by atoms with Gasteiger partial charge in [0, 0.05) is 12.3 Å². The van der Waals surface area contributed by atoms with Gasteiger partial charge in [0.1, 0.15) is 5.94 Å². The Bertz CT molecular complexity index is 109. The van der Waals surface area contributed by atoms with Crippen LogP contribution in [0.5, 0.6) is 0 Å². The summed E-state index contributed by atoms with van der Waals surface area (Å²) in [5.74, 6) is 0.958. The molecule has 0 aromatic carbocycles. The predicted molar refractivity (Wildman–Crippen MR) is 49.0 cm³/mol. The van der Waals surface area contributed by atoms with Crippen molar-refractivity contribution in [1.29, 1.82) is 0 Å². The first-order chi connectivity index (χ1) is 5.31. The van der Waals surface area contributed by atoms with Crippen molar-refractivity contribution in [1.82, 2.24) is 0 Å². The molecule has 0 unspecified atom stereocenters. The quantitative estimate of drug-likeness (QED) is 0.282. The zero-order valence-corrected chi connectivity index (χ0v) is 8.21. The monoisotopic (exact) mass is 196 g/mol. The van der Waals surface area contributed by atoms with Gasteiger partial charge < -0.3 is 4.74 Å². The zero-order chi connectivity index (χ0) is 8.53. The van der Waals surface area contributed by atoms with Gasteiger partial charge in [-0.05, 0) is 19.1 Å². The lowest BCUT2D eigenvalue weighted by molar-refractivity contribution is -0.141. The molecule has 0 aliphatic rings. The van der Waals surface area contributed by atoms with E-state index in [2.05, 4.69) is 0 Å². The van der Waals surface area contributed by atoms with Crippen LogP contribution in [-0.2, 0) is 9.53 Å². The molecule has 0 aromatic rings. The second-order valence-corrected chi connectivity index (χ2v) is 3.26. The Morgan fingerprint density at radius 2 is 2.27 bits per heavy atom. The average molecular weight is 197 g/mol. The van der Waals surface area contributed by atoms with Gasteiger partial charge in [-0.25, -0.2) is 0 Å². The molecule has 2 nitrogen and oxygen atoms in total. The van der Waals surface area contributed by atoms with Crippen molar-refractivity contribution < 1.29 is 9.53 Å². The maximum Gasteiger partial charge on any atom is 0.306 e. The third-order valence-electron chi connectivity index (χ3n) is 1.10. The smallest absolute Gasteiger partial charge is 0.306 e. The number of carbonyl (C=O) groups is 1. The fourth-order valence-electron chi connectivity index (χ4n) is 0.561. The number of unbranched alkanes of at least 4 members (excludes halogenated alkanes) is 1. The lowest BCUT2D eigenvalue weighted by Crippen LogP contribution is -2.03. The number of alkyl halides is 1. The summed E-state index contributed by atoms with van der Waals surface area (Å²) in [6.45, 7) is 0. The Hall–Kier alpha value is 0.110. The molecule has 66 valence electrons. The Morgan fingerprint density at radius 1 is 1.55 bits per heavy atom. The molecule has 0 bridgehead atoms. The van der Waals surface area contributed by atoms with Crippen LogP contribution in [0.3, 0.4) is 0 Å². The summed E-state index contributed by atoms with van der Waals surface area (Å²) in [6.07, 6.45) is 4.10. The number of hydrogen-bond acceptors (Lipinski definition) is 3. The molecule has 0 aliphatic heterocycles. The minimum Gasteiger partial charge on any atom is -0.455 e. The van der Waals surface area contributed by atoms with E-state index < -0.39 is 0 Å². The zero-order valence-electron chi connectivity index (χ0n) is 6.64. The number of thioether (sulfide) groups is 1. The van der Waals surface area contributed by atoms with Gasteiger partial charge in [-0.3, -0.25) is 4.79 Å². The van der Waals surface area contributed by atoms with E-state index in [4.69, 9.17) is 16.3 Å². The number of esters is 1. The third kappa shape index (κ3) is 8.01. The molecular formula is C7H13ClO2S. The van der Waals surface area contributed by atoms with E-state index in [-0.39, 0.29) is 5.97 Å². The van der Waals surface area contributed by atoms with Crippen LogP contribution in [0.1, 0.15) is 19.3 Å². The van der Waals surface area contributed by atoms with Gasteiger partial charge in [-0.15, -0.1) is 23.4 Å². The molecule has 0 atom stereocenters. The summed E-state index contributed by atoms with van der Waals surface area (Å²) in [4.78, 5) is 10.8. The summed E-state index contributed by atoms with van der Waals surface area (Å²) in [6, 6.07) is 0. The van der Waals surface area contributed by atoms with Crippen molar-refractivity contribution in [3.8, 4) is 0 Å². The van der Waals surface area contributed by atoms with Crippen molar-refractivity contribution >= 4 is 29.3 Å². The summed E-state index contributed by atoms with van der Waals surface area (Å²) >= 11 is 6.93. The van der Waals surface area contributed by atoms with Gasteiger partial charge >= 0.3 is 5.97 Å². The van der Waals surface area contributed by atoms with E-state index in [0.29, 0.717) is 18.2 Å². The van der Waals surface area contributed by atoms with E-state index in [1.165, 1.54) is 11.8 Å². The first-order valence-corrected chi connectivity index (χ1v) is 5.44. The van der Waals surface area contributed by atoms with Crippen LogP contribution in [0.2, 0.25) is 0 Å². The van der Waals surface area contributed by atoms with E-state index in [0.717, 1.165) is 12.8 Å². The normalized spacial score (nSPS) is 9.64. The number of carbonyl (C=O) groups excluding carboxylic acids is 1. The first kappa shape index (κ1) is 11.1. The van der Waals surface area contributed by atoms with Gasteiger partial charge in [-0.1, -0.05) is 0 Å². The van der Waals surface area contributed by atoms with E-state index >= 15 is 0 Å². The highest BCUT2D eigenvalue weighted by Crippen LogP contribution is 2.01. The van der Waals surface area contributed by atoms with Gasteiger partial charge in [0.15, 0.2) is 0 Å². The third-order valence-corrected chi connectivity index (χ3v) is 1.72. The van der Waals surface area contributed by atoms with Crippen LogP contribution in [-0.4, -0.2) is 24.0 Å². The minimum absolute atomic E-state index is 0.121. The molecule has 0 saturated heterocycles. The van der Waals surface area contributed by atoms with Crippen LogP contribution in [0, 0.1) is 0 Å². The van der Waals surface area contributed by atoms with Crippen LogP contribution >= 0.6 is 23.4 Å². The van der Waals surface area contributed by atoms with Gasteiger partial charge in [0.25, 0.3) is 0 Å². The molecule has 4 heteroatoms. The highest BCUT2D eigenvalue weighted by molar-refractivity contribution is 7.98. The second kappa shape index (κ2) is 8.21. The molecule has 0 aliphatic carbocycles.